The van der Waals surface area contributed by atoms with Gasteiger partial charge in [0.15, 0.2) is 11.5 Å². The predicted molar refractivity (Wildman–Crippen MR) is 72.7 cm³/mol. The van der Waals surface area contributed by atoms with Gasteiger partial charge in [0.05, 0.1) is 17.9 Å². The number of hydrogen-bond donors (Lipinski definition) is 1. The molecule has 0 saturated carbocycles. The Morgan fingerprint density at radius 2 is 2.05 bits per heavy atom. The summed E-state index contributed by atoms with van der Waals surface area (Å²) < 4.78 is 26.5. The van der Waals surface area contributed by atoms with Crippen LogP contribution in [0.3, 0.4) is 0 Å². The third-order valence-electron chi connectivity index (χ3n) is 3.51. The van der Waals surface area contributed by atoms with Gasteiger partial charge in [-0.15, -0.1) is 0 Å². The van der Waals surface area contributed by atoms with E-state index in [-0.39, 0.29) is 6.04 Å². The van der Waals surface area contributed by atoms with E-state index in [1.54, 1.807) is 7.05 Å². The van der Waals surface area contributed by atoms with Crippen LogP contribution in [0.15, 0.2) is 12.3 Å². The molecule has 0 aliphatic heterocycles. The van der Waals surface area contributed by atoms with Crippen LogP contribution >= 0.6 is 0 Å². The van der Waals surface area contributed by atoms with Gasteiger partial charge in [-0.3, -0.25) is 9.89 Å². The second kappa shape index (κ2) is 5.59. The molecule has 21 heavy (non-hydrogen) atoms. The molecule has 0 aromatic carbocycles. The SMILES string of the molecule is Cc1n[nH]c(C)c1C(C)N(C)C(=O)c1ncc(F)cc1F. The Bertz CT molecular complexity index is 664. The van der Waals surface area contributed by atoms with Crippen LogP contribution in [0.5, 0.6) is 0 Å². The summed E-state index contributed by atoms with van der Waals surface area (Å²) in [6, 6.07) is 0.329. The quantitative estimate of drug-likeness (QED) is 0.946. The Morgan fingerprint density at radius 3 is 2.57 bits per heavy atom. The minimum Gasteiger partial charge on any atom is -0.333 e. The van der Waals surface area contributed by atoms with Crippen molar-refractivity contribution < 1.29 is 13.6 Å². The Labute approximate surface area is 121 Å². The van der Waals surface area contributed by atoms with Crippen molar-refractivity contribution in [2.75, 3.05) is 7.05 Å². The largest absolute Gasteiger partial charge is 0.333 e. The molecule has 2 aromatic heterocycles. The zero-order valence-electron chi connectivity index (χ0n) is 12.2. The van der Waals surface area contributed by atoms with Crippen LogP contribution in [0, 0.1) is 25.5 Å². The topological polar surface area (TPSA) is 61.9 Å². The van der Waals surface area contributed by atoms with Crippen molar-refractivity contribution in [3.8, 4) is 0 Å². The van der Waals surface area contributed by atoms with E-state index >= 15 is 0 Å². The van der Waals surface area contributed by atoms with Crippen LogP contribution in [-0.2, 0) is 0 Å². The molecule has 7 heteroatoms. The van der Waals surface area contributed by atoms with Gasteiger partial charge in [0, 0.05) is 24.4 Å². The fourth-order valence-electron chi connectivity index (χ4n) is 2.28. The third-order valence-corrected chi connectivity index (χ3v) is 3.51. The third kappa shape index (κ3) is 2.76. The number of aromatic nitrogens is 3. The van der Waals surface area contributed by atoms with Crippen molar-refractivity contribution in [2.45, 2.75) is 26.8 Å². The second-order valence-corrected chi connectivity index (χ2v) is 4.92. The van der Waals surface area contributed by atoms with Crippen LogP contribution < -0.4 is 0 Å². The first kappa shape index (κ1) is 15.1. The summed E-state index contributed by atoms with van der Waals surface area (Å²) in [5.74, 6) is -2.40. The number of nitrogens with zero attached hydrogens (tertiary/aromatic N) is 3. The van der Waals surface area contributed by atoms with Gasteiger partial charge in [0.2, 0.25) is 0 Å². The first-order valence-electron chi connectivity index (χ1n) is 6.42. The van der Waals surface area contributed by atoms with Crippen molar-refractivity contribution in [1.29, 1.82) is 0 Å². The molecule has 1 N–H and O–H groups in total. The fourth-order valence-corrected chi connectivity index (χ4v) is 2.28. The van der Waals surface area contributed by atoms with Crippen LogP contribution in [-0.4, -0.2) is 33.0 Å². The number of carbonyl (C=O) groups excluding carboxylic acids is 1. The van der Waals surface area contributed by atoms with Crippen LogP contribution in [0.25, 0.3) is 0 Å². The first-order valence-corrected chi connectivity index (χ1v) is 6.42. The lowest BCUT2D eigenvalue weighted by atomic mass is 10.1. The van der Waals surface area contributed by atoms with Crippen molar-refractivity contribution in [3.05, 3.63) is 46.5 Å². The lowest BCUT2D eigenvalue weighted by molar-refractivity contribution is 0.0730. The molecule has 2 aromatic rings. The number of carbonyl (C=O) groups is 1. The number of pyridine rings is 1. The van der Waals surface area contributed by atoms with Gasteiger partial charge in [0.25, 0.3) is 5.91 Å². The van der Waals surface area contributed by atoms with E-state index in [0.717, 1.165) is 23.1 Å². The molecule has 0 fully saturated rings. The van der Waals surface area contributed by atoms with Gasteiger partial charge in [-0.05, 0) is 20.8 Å². The molecule has 0 radical (unpaired) electrons. The molecule has 2 heterocycles. The monoisotopic (exact) mass is 294 g/mol. The van der Waals surface area contributed by atoms with Gasteiger partial charge < -0.3 is 4.90 Å². The minimum atomic E-state index is -0.973. The van der Waals surface area contributed by atoms with Gasteiger partial charge in [0.1, 0.15) is 5.82 Å². The number of aromatic amines is 1. The number of amides is 1. The maximum absolute atomic E-state index is 13.7. The molecule has 0 bridgehead atoms. The molecule has 1 atom stereocenters. The lowest BCUT2D eigenvalue weighted by Gasteiger charge is -2.25. The van der Waals surface area contributed by atoms with Crippen molar-refractivity contribution in [3.63, 3.8) is 0 Å². The Morgan fingerprint density at radius 1 is 1.38 bits per heavy atom. The molecule has 1 unspecified atom stereocenters. The summed E-state index contributed by atoms with van der Waals surface area (Å²) in [5.41, 5.74) is 2.08. The molecular weight excluding hydrogens is 278 g/mol. The Kier molecular flexibility index (Phi) is 4.02. The van der Waals surface area contributed by atoms with Gasteiger partial charge in [-0.2, -0.15) is 5.10 Å². The summed E-state index contributed by atoms with van der Waals surface area (Å²) in [4.78, 5) is 17.2. The number of H-pyrrole nitrogens is 1. The number of halogens is 2. The van der Waals surface area contributed by atoms with Gasteiger partial charge >= 0.3 is 0 Å². The molecular formula is C14H16F2N4O. The van der Waals surface area contributed by atoms with Crippen LogP contribution in [0.4, 0.5) is 8.78 Å². The Balaban J connectivity index is 2.31. The summed E-state index contributed by atoms with van der Waals surface area (Å²) in [6.45, 7) is 5.48. The highest BCUT2D eigenvalue weighted by Crippen LogP contribution is 2.25. The number of nitrogens with one attached hydrogen (secondary N) is 1. The van der Waals surface area contributed by atoms with E-state index in [1.807, 2.05) is 20.8 Å². The standard InChI is InChI=1S/C14H16F2N4O/c1-7-12(8(2)19-18-7)9(3)20(4)14(21)13-11(16)5-10(15)6-17-13/h5-6,9H,1-4H3,(H,18,19). The molecule has 0 aliphatic carbocycles. The van der Waals surface area contributed by atoms with E-state index < -0.39 is 23.2 Å². The minimum absolute atomic E-state index is 0.317. The molecule has 0 spiro atoms. The van der Waals surface area contributed by atoms with Crippen molar-refractivity contribution in [2.24, 2.45) is 0 Å². The van der Waals surface area contributed by atoms with E-state index in [9.17, 15) is 13.6 Å². The molecule has 1 amide bonds. The Hall–Kier alpha value is -2.31. The molecule has 5 nitrogen and oxygen atoms in total. The lowest BCUT2D eigenvalue weighted by Crippen LogP contribution is -2.31. The number of aryl methyl sites for hydroxylation is 2. The highest BCUT2D eigenvalue weighted by Gasteiger charge is 2.26. The summed E-state index contributed by atoms with van der Waals surface area (Å²) in [6.07, 6.45) is 0.823. The smallest absolute Gasteiger partial charge is 0.275 e. The van der Waals surface area contributed by atoms with E-state index in [4.69, 9.17) is 0 Å². The summed E-state index contributed by atoms with van der Waals surface area (Å²) >= 11 is 0. The second-order valence-electron chi connectivity index (χ2n) is 4.92. The average Bonchev–Trinajstić information content (AvgIpc) is 2.76. The maximum atomic E-state index is 13.7. The van der Waals surface area contributed by atoms with Crippen molar-refractivity contribution in [1.82, 2.24) is 20.1 Å². The zero-order valence-corrected chi connectivity index (χ0v) is 12.2. The predicted octanol–water partition coefficient (Wildman–Crippen LogP) is 2.53. The first-order chi connectivity index (χ1) is 9.82. The normalized spacial score (nSPS) is 12.3. The highest BCUT2D eigenvalue weighted by molar-refractivity contribution is 5.92. The molecule has 0 aliphatic rings. The number of hydrogen-bond acceptors (Lipinski definition) is 3. The summed E-state index contributed by atoms with van der Waals surface area (Å²) in [5, 5.41) is 6.92. The van der Waals surface area contributed by atoms with Gasteiger partial charge in [-0.25, -0.2) is 13.8 Å². The fraction of sp³-hybridized carbons (Fsp3) is 0.357. The van der Waals surface area contributed by atoms with Crippen LogP contribution in [0.1, 0.15) is 40.4 Å². The highest BCUT2D eigenvalue weighted by atomic mass is 19.1. The van der Waals surface area contributed by atoms with E-state index in [0.29, 0.717) is 6.07 Å². The van der Waals surface area contributed by atoms with Crippen molar-refractivity contribution >= 4 is 5.91 Å². The summed E-state index contributed by atoms with van der Waals surface area (Å²) in [7, 11) is 1.54. The molecule has 2 rings (SSSR count). The maximum Gasteiger partial charge on any atom is 0.275 e. The number of rotatable bonds is 3. The van der Waals surface area contributed by atoms with Gasteiger partial charge in [-0.1, -0.05) is 0 Å². The van der Waals surface area contributed by atoms with E-state index in [1.165, 1.54) is 4.90 Å². The average molecular weight is 294 g/mol. The van der Waals surface area contributed by atoms with E-state index in [2.05, 4.69) is 15.2 Å². The molecule has 112 valence electrons. The zero-order chi connectivity index (χ0) is 15.7. The molecule has 0 saturated heterocycles. The van der Waals surface area contributed by atoms with Crippen LogP contribution in [0.2, 0.25) is 0 Å².